The minimum absolute atomic E-state index is 0.0403. The van der Waals surface area contributed by atoms with Crippen LogP contribution >= 0.6 is 0 Å². The molecule has 6 heteroatoms. The molecular weight excluding hydrogens is 350 g/mol. The van der Waals surface area contributed by atoms with E-state index < -0.39 is 0 Å². The average molecular weight is 390 g/mol. The molecule has 2 heterocycles. The van der Waals surface area contributed by atoms with Crippen LogP contribution in [0.4, 0.5) is 5.95 Å². The van der Waals surface area contributed by atoms with Crippen LogP contribution in [0.1, 0.15) is 92.4 Å². The second-order valence-electron chi connectivity index (χ2n) is 9.83. The molecule has 0 N–H and O–H groups in total. The van der Waals surface area contributed by atoms with Gasteiger partial charge in [-0.05, 0) is 59.8 Å². The summed E-state index contributed by atoms with van der Waals surface area (Å²) in [5.41, 5.74) is -0.0806. The van der Waals surface area contributed by atoms with E-state index in [9.17, 15) is 0 Å². The SMILES string of the molecule is CCCCN(c1ncncn1)C1CC(C)(C)N(OC2CCCCC2)C(C)(C)C1. The topological polar surface area (TPSA) is 54.4 Å². The second-order valence-corrected chi connectivity index (χ2v) is 9.83. The monoisotopic (exact) mass is 389 g/mol. The van der Waals surface area contributed by atoms with E-state index in [1.54, 1.807) is 12.7 Å². The Kier molecular flexibility index (Phi) is 6.92. The normalized spacial score (nSPS) is 23.6. The third-order valence-corrected chi connectivity index (χ3v) is 6.31. The Bertz CT molecular complexity index is 582. The first kappa shape index (κ1) is 21.4. The molecule has 0 atom stereocenters. The van der Waals surface area contributed by atoms with Crippen LogP contribution in [0.5, 0.6) is 0 Å². The summed E-state index contributed by atoms with van der Waals surface area (Å²) in [4.78, 5) is 22.0. The van der Waals surface area contributed by atoms with Crippen LogP contribution in [-0.4, -0.2) is 49.8 Å². The van der Waals surface area contributed by atoms with Gasteiger partial charge in [0.15, 0.2) is 0 Å². The molecule has 1 saturated carbocycles. The minimum Gasteiger partial charge on any atom is -0.338 e. The van der Waals surface area contributed by atoms with Gasteiger partial charge in [0.2, 0.25) is 5.95 Å². The van der Waals surface area contributed by atoms with E-state index in [-0.39, 0.29) is 11.1 Å². The van der Waals surface area contributed by atoms with Gasteiger partial charge >= 0.3 is 0 Å². The molecule has 6 nitrogen and oxygen atoms in total. The molecule has 0 amide bonds. The number of aromatic nitrogens is 3. The van der Waals surface area contributed by atoms with E-state index in [0.29, 0.717) is 12.1 Å². The number of hydrogen-bond donors (Lipinski definition) is 0. The highest BCUT2D eigenvalue weighted by molar-refractivity contribution is 5.31. The van der Waals surface area contributed by atoms with Gasteiger partial charge in [-0.2, -0.15) is 5.06 Å². The average Bonchev–Trinajstić information content (AvgIpc) is 2.66. The lowest BCUT2D eigenvalue weighted by atomic mass is 9.78. The molecule has 1 aromatic rings. The summed E-state index contributed by atoms with van der Waals surface area (Å²) in [6, 6.07) is 0.394. The smallest absolute Gasteiger partial charge is 0.228 e. The molecule has 3 rings (SSSR count). The highest BCUT2D eigenvalue weighted by Gasteiger charge is 2.49. The fourth-order valence-electron chi connectivity index (χ4n) is 5.19. The maximum Gasteiger partial charge on any atom is 0.228 e. The standard InChI is InChI=1S/C22H39N5O/c1-6-7-13-26(20-24-16-23-17-25-20)18-14-21(2,3)27(22(4,5)15-18)28-19-11-9-8-10-12-19/h16-19H,6-15H2,1-5H3. The molecule has 28 heavy (non-hydrogen) atoms. The van der Waals surface area contributed by atoms with Crippen molar-refractivity contribution < 1.29 is 4.84 Å². The van der Waals surface area contributed by atoms with Crippen molar-refractivity contribution in [2.45, 2.75) is 116 Å². The summed E-state index contributed by atoms with van der Waals surface area (Å²) in [5, 5.41) is 2.33. The van der Waals surface area contributed by atoms with Crippen molar-refractivity contribution in [3.63, 3.8) is 0 Å². The van der Waals surface area contributed by atoms with Crippen molar-refractivity contribution in [1.29, 1.82) is 0 Å². The van der Waals surface area contributed by atoms with E-state index >= 15 is 0 Å². The highest BCUT2D eigenvalue weighted by atomic mass is 16.7. The van der Waals surface area contributed by atoms with Gasteiger partial charge in [-0.3, -0.25) is 4.84 Å². The number of piperidine rings is 1. The summed E-state index contributed by atoms with van der Waals surface area (Å²) in [7, 11) is 0. The zero-order valence-corrected chi connectivity index (χ0v) is 18.5. The lowest BCUT2D eigenvalue weighted by Crippen LogP contribution is -2.65. The van der Waals surface area contributed by atoms with E-state index in [2.05, 4.69) is 59.5 Å². The Hall–Kier alpha value is -1.27. The van der Waals surface area contributed by atoms with Crippen molar-refractivity contribution in [3.8, 4) is 0 Å². The summed E-state index contributed by atoms with van der Waals surface area (Å²) in [5.74, 6) is 0.807. The zero-order chi connectivity index (χ0) is 20.2. The quantitative estimate of drug-likeness (QED) is 0.670. The predicted octanol–water partition coefficient (Wildman–Crippen LogP) is 4.76. The molecule has 1 saturated heterocycles. The lowest BCUT2D eigenvalue weighted by molar-refractivity contribution is -0.310. The first-order valence-electron chi connectivity index (χ1n) is 11.2. The summed E-state index contributed by atoms with van der Waals surface area (Å²) >= 11 is 0. The fraction of sp³-hybridized carbons (Fsp3) is 0.864. The van der Waals surface area contributed by atoms with Gasteiger partial charge in [-0.1, -0.05) is 32.6 Å². The Labute approximate surface area is 171 Å². The maximum absolute atomic E-state index is 6.65. The molecule has 2 fully saturated rings. The second kappa shape index (κ2) is 9.04. The molecule has 0 aromatic carbocycles. The van der Waals surface area contributed by atoms with Gasteiger partial charge < -0.3 is 4.90 Å². The number of hydrogen-bond acceptors (Lipinski definition) is 6. The molecule has 1 aromatic heterocycles. The first-order chi connectivity index (χ1) is 13.3. The predicted molar refractivity (Wildman–Crippen MR) is 113 cm³/mol. The molecule has 0 unspecified atom stereocenters. The Balaban J connectivity index is 1.79. The van der Waals surface area contributed by atoms with Gasteiger partial charge in [0.05, 0.1) is 6.10 Å². The molecule has 1 aliphatic heterocycles. The zero-order valence-electron chi connectivity index (χ0n) is 18.5. The Morgan fingerprint density at radius 3 is 2.21 bits per heavy atom. The molecule has 158 valence electrons. The highest BCUT2D eigenvalue weighted by Crippen LogP contribution is 2.42. The Morgan fingerprint density at radius 1 is 1.04 bits per heavy atom. The molecule has 2 aliphatic rings. The maximum atomic E-state index is 6.65. The van der Waals surface area contributed by atoms with Crippen LogP contribution < -0.4 is 4.90 Å². The summed E-state index contributed by atoms with van der Waals surface area (Å²) < 4.78 is 0. The van der Waals surface area contributed by atoms with Gasteiger partial charge in [-0.25, -0.2) is 15.0 Å². The van der Waals surface area contributed by atoms with Gasteiger partial charge in [0, 0.05) is 23.7 Å². The van der Waals surface area contributed by atoms with Crippen LogP contribution in [0.2, 0.25) is 0 Å². The van der Waals surface area contributed by atoms with Crippen LogP contribution in [0.3, 0.4) is 0 Å². The Morgan fingerprint density at radius 2 is 1.64 bits per heavy atom. The molecular formula is C22H39N5O. The molecule has 0 bridgehead atoms. The number of anilines is 1. The van der Waals surface area contributed by atoms with Crippen LogP contribution in [0.15, 0.2) is 12.7 Å². The fourth-order valence-corrected chi connectivity index (χ4v) is 5.19. The van der Waals surface area contributed by atoms with Gasteiger partial charge in [0.25, 0.3) is 0 Å². The largest absolute Gasteiger partial charge is 0.338 e. The van der Waals surface area contributed by atoms with Crippen molar-refractivity contribution in [3.05, 3.63) is 12.7 Å². The third-order valence-electron chi connectivity index (χ3n) is 6.31. The van der Waals surface area contributed by atoms with Crippen molar-refractivity contribution >= 4 is 5.95 Å². The number of hydroxylamine groups is 2. The van der Waals surface area contributed by atoms with E-state index in [1.165, 1.54) is 32.1 Å². The minimum atomic E-state index is -0.0403. The summed E-state index contributed by atoms with van der Waals surface area (Å²) in [6.45, 7) is 12.5. The third kappa shape index (κ3) is 5.01. The number of rotatable bonds is 7. The van der Waals surface area contributed by atoms with Crippen molar-refractivity contribution in [1.82, 2.24) is 20.0 Å². The van der Waals surface area contributed by atoms with Crippen molar-refractivity contribution in [2.75, 3.05) is 11.4 Å². The van der Waals surface area contributed by atoms with E-state index in [0.717, 1.165) is 38.2 Å². The first-order valence-corrected chi connectivity index (χ1v) is 11.2. The lowest BCUT2D eigenvalue weighted by Gasteiger charge is -2.56. The van der Waals surface area contributed by atoms with Gasteiger partial charge in [-0.15, -0.1) is 0 Å². The van der Waals surface area contributed by atoms with E-state index in [4.69, 9.17) is 4.84 Å². The van der Waals surface area contributed by atoms with Crippen LogP contribution in [0, 0.1) is 0 Å². The van der Waals surface area contributed by atoms with Crippen LogP contribution in [-0.2, 0) is 4.84 Å². The molecule has 0 spiro atoms. The number of nitrogens with zero attached hydrogens (tertiary/aromatic N) is 5. The number of unbranched alkanes of at least 4 members (excludes halogenated alkanes) is 1. The van der Waals surface area contributed by atoms with Crippen LogP contribution in [0.25, 0.3) is 0 Å². The molecule has 0 radical (unpaired) electrons. The summed E-state index contributed by atoms with van der Waals surface area (Å²) in [6.07, 6.45) is 14.3. The van der Waals surface area contributed by atoms with Gasteiger partial charge in [0.1, 0.15) is 12.7 Å². The molecule has 1 aliphatic carbocycles. The van der Waals surface area contributed by atoms with E-state index in [1.807, 2.05) is 0 Å². The van der Waals surface area contributed by atoms with Crippen molar-refractivity contribution in [2.24, 2.45) is 0 Å².